The first-order chi connectivity index (χ1) is 22.6. The van der Waals surface area contributed by atoms with E-state index in [4.69, 9.17) is 16.3 Å². The number of ether oxygens (including phenoxy) is 1. The number of carbonyl (C=O) groups excluding carboxylic acids is 1. The molecule has 4 heterocycles. The lowest BCUT2D eigenvalue weighted by Gasteiger charge is -2.38. The van der Waals surface area contributed by atoms with Crippen molar-refractivity contribution in [2.45, 2.75) is 31.1 Å². The van der Waals surface area contributed by atoms with Crippen molar-refractivity contribution in [1.82, 2.24) is 19.1 Å². The number of pyridine rings is 1. The van der Waals surface area contributed by atoms with Gasteiger partial charge in [-0.05, 0) is 69.1 Å². The van der Waals surface area contributed by atoms with Gasteiger partial charge in [0.1, 0.15) is 16.8 Å². The van der Waals surface area contributed by atoms with E-state index in [0.717, 1.165) is 31.5 Å². The van der Waals surface area contributed by atoms with Crippen molar-refractivity contribution in [2.75, 3.05) is 57.3 Å². The molecule has 1 aromatic heterocycles. The average Bonchev–Trinajstić information content (AvgIpc) is 3.50. The molecular formula is C35H37ClFN5O4S. The summed E-state index contributed by atoms with van der Waals surface area (Å²) in [4.78, 5) is 32.0. The Hall–Kier alpha value is -3.90. The van der Waals surface area contributed by atoms with Crippen LogP contribution < -0.4 is 20.4 Å². The first-order valence-corrected chi connectivity index (χ1v) is 18.0. The molecule has 1 atom stereocenters. The molecule has 0 radical (unpaired) electrons. The zero-order chi connectivity index (χ0) is 32.9. The van der Waals surface area contributed by atoms with Crippen LogP contribution in [0.3, 0.4) is 0 Å². The van der Waals surface area contributed by atoms with Crippen LogP contribution in [0.2, 0.25) is 0 Å². The molecule has 2 aromatic carbocycles. The van der Waals surface area contributed by atoms with Crippen molar-refractivity contribution in [2.24, 2.45) is 0 Å². The number of hydrogen-bond acceptors (Lipinski definition) is 6. The summed E-state index contributed by atoms with van der Waals surface area (Å²) >= 11 is 6.47. The van der Waals surface area contributed by atoms with E-state index in [1.54, 1.807) is 10.6 Å². The van der Waals surface area contributed by atoms with Crippen LogP contribution in [0, 0.1) is 12.7 Å². The third-order valence-electron chi connectivity index (χ3n) is 9.29. The minimum absolute atomic E-state index is 0.0477. The quantitative estimate of drug-likeness (QED) is 0.364. The van der Waals surface area contributed by atoms with Gasteiger partial charge in [-0.1, -0.05) is 35.4 Å². The predicted octanol–water partition coefficient (Wildman–Crippen LogP) is 4.73. The van der Waals surface area contributed by atoms with E-state index in [-0.39, 0.29) is 22.4 Å². The van der Waals surface area contributed by atoms with E-state index in [0.29, 0.717) is 72.6 Å². The average molecular weight is 678 g/mol. The van der Waals surface area contributed by atoms with E-state index in [1.807, 2.05) is 52.5 Å². The molecule has 9 nitrogen and oxygen atoms in total. The molecule has 2 saturated heterocycles. The van der Waals surface area contributed by atoms with E-state index < -0.39 is 26.9 Å². The van der Waals surface area contributed by atoms with Gasteiger partial charge >= 0.3 is 0 Å². The van der Waals surface area contributed by atoms with Crippen molar-refractivity contribution >= 4 is 55.4 Å². The zero-order valence-electron chi connectivity index (χ0n) is 26.3. The number of allylic oxidation sites excluding steroid dienone is 5. The molecule has 1 aliphatic carbocycles. The number of benzene rings is 2. The fourth-order valence-electron chi connectivity index (χ4n) is 6.73. The van der Waals surface area contributed by atoms with Gasteiger partial charge in [-0.2, -0.15) is 0 Å². The van der Waals surface area contributed by atoms with Crippen LogP contribution in [0.15, 0.2) is 75.2 Å². The second-order valence-electron chi connectivity index (χ2n) is 12.4. The van der Waals surface area contributed by atoms with E-state index in [1.165, 1.54) is 12.3 Å². The molecule has 0 bridgehead atoms. The second kappa shape index (κ2) is 12.6. The zero-order valence-corrected chi connectivity index (χ0v) is 27.8. The third kappa shape index (κ3) is 5.90. The summed E-state index contributed by atoms with van der Waals surface area (Å²) in [5.41, 5.74) is 1.58. The Morgan fingerprint density at radius 1 is 1.11 bits per heavy atom. The fraction of sp³-hybridized carbons (Fsp3) is 0.343. The minimum atomic E-state index is -2.74. The summed E-state index contributed by atoms with van der Waals surface area (Å²) in [6, 6.07) is 8.71. The number of piperazine rings is 1. The first kappa shape index (κ1) is 31.7. The number of rotatable bonds is 7. The Bertz CT molecular complexity index is 2020. The number of aromatic nitrogens is 1. The third-order valence-corrected chi connectivity index (χ3v) is 11.8. The molecule has 246 valence electrons. The van der Waals surface area contributed by atoms with E-state index >= 15 is 4.39 Å². The van der Waals surface area contributed by atoms with Crippen LogP contribution in [-0.2, 0) is 9.71 Å². The molecule has 3 aromatic rings. The number of amides is 1. The largest absolute Gasteiger partial charge is 0.451 e. The number of hydrogen-bond donors (Lipinski definition) is 1. The Morgan fingerprint density at radius 2 is 1.83 bits per heavy atom. The molecular weight excluding hydrogens is 641 g/mol. The van der Waals surface area contributed by atoms with Crippen LogP contribution in [0.5, 0.6) is 5.75 Å². The number of halogens is 2. The van der Waals surface area contributed by atoms with Gasteiger partial charge in [0.15, 0.2) is 17.3 Å². The first-order valence-electron chi connectivity index (χ1n) is 15.9. The van der Waals surface area contributed by atoms with Crippen LogP contribution in [-0.4, -0.2) is 82.1 Å². The van der Waals surface area contributed by atoms with Crippen LogP contribution >= 0.6 is 11.6 Å². The van der Waals surface area contributed by atoms with Gasteiger partial charge in [-0.3, -0.25) is 9.59 Å². The number of nitrogens with one attached hydrogen (secondary N) is 1. The van der Waals surface area contributed by atoms with Gasteiger partial charge in [0.25, 0.3) is 5.91 Å². The summed E-state index contributed by atoms with van der Waals surface area (Å²) in [5.74, 6) is 3.47. The lowest BCUT2D eigenvalue weighted by molar-refractivity contribution is 0.0948. The van der Waals surface area contributed by atoms with Crippen molar-refractivity contribution < 1.29 is 18.1 Å². The highest BCUT2D eigenvalue weighted by atomic mass is 35.5. The summed E-state index contributed by atoms with van der Waals surface area (Å²) in [7, 11) is -2.74. The molecule has 12 heteroatoms. The van der Waals surface area contributed by atoms with Gasteiger partial charge in [0.2, 0.25) is 5.43 Å². The van der Waals surface area contributed by atoms with Crippen molar-refractivity contribution in [3.05, 3.63) is 92.7 Å². The SMILES string of the molecule is C=S(=O)(c1ccc(C)cc1)N1CCN(c2c(F)cc3c(=O)c(C(=O)NCCN4CCCC4)cn4c3c2OC2=C4C=CCC(Cl)=C2)CC1. The molecule has 47 heavy (non-hydrogen) atoms. The van der Waals surface area contributed by atoms with E-state index in [2.05, 4.69) is 16.1 Å². The molecule has 1 unspecified atom stereocenters. The highest BCUT2D eigenvalue weighted by Crippen LogP contribution is 2.45. The van der Waals surface area contributed by atoms with Gasteiger partial charge in [0, 0.05) is 61.8 Å². The Morgan fingerprint density at radius 3 is 2.55 bits per heavy atom. The van der Waals surface area contributed by atoms with Crippen molar-refractivity contribution in [1.29, 1.82) is 0 Å². The number of nitrogens with zero attached hydrogens (tertiary/aromatic N) is 4. The minimum Gasteiger partial charge on any atom is -0.451 e. The normalized spacial score (nSPS) is 19.6. The van der Waals surface area contributed by atoms with Crippen molar-refractivity contribution in [3.8, 4) is 5.75 Å². The maximum Gasteiger partial charge on any atom is 0.256 e. The number of fused-ring (bicyclic) bond motifs is 1. The smallest absolute Gasteiger partial charge is 0.256 e. The van der Waals surface area contributed by atoms with Gasteiger partial charge < -0.3 is 24.4 Å². The second-order valence-corrected chi connectivity index (χ2v) is 15.2. The van der Waals surface area contributed by atoms with E-state index in [9.17, 15) is 13.8 Å². The molecule has 4 aliphatic rings. The molecule has 2 fully saturated rings. The van der Waals surface area contributed by atoms with Gasteiger partial charge in [-0.15, -0.1) is 0 Å². The standard InChI is InChI=1S/C35H37ClFN5O4S/c1-23-8-10-25(11-9-23)47(2,45)41-18-16-40(17-19-41)32-28(37)21-26-31-34(32)46-30-20-24(36)6-5-7-29(30)42(31)22-27(33(26)43)35(44)38-12-15-39-13-3-4-14-39/h5,7-11,20-22H,2-4,6,12-19H2,1H3,(H,38,44). The summed E-state index contributed by atoms with van der Waals surface area (Å²) in [6.07, 6.45) is 9.67. The maximum atomic E-state index is 16.3. The van der Waals surface area contributed by atoms with Crippen LogP contribution in [0.1, 0.15) is 35.2 Å². The van der Waals surface area contributed by atoms with Crippen LogP contribution in [0.25, 0.3) is 16.6 Å². The number of likely N-dealkylation sites (tertiary alicyclic amines) is 1. The predicted molar refractivity (Wildman–Crippen MR) is 186 cm³/mol. The number of anilines is 1. The topological polar surface area (TPSA) is 87.1 Å². The van der Waals surface area contributed by atoms with Gasteiger partial charge in [0.05, 0.1) is 20.8 Å². The monoisotopic (exact) mass is 677 g/mol. The molecule has 7 rings (SSSR count). The molecule has 0 spiro atoms. The van der Waals surface area contributed by atoms with Gasteiger partial charge in [-0.25, -0.2) is 12.9 Å². The molecule has 1 amide bonds. The fourth-order valence-corrected chi connectivity index (χ4v) is 8.53. The lowest BCUT2D eigenvalue weighted by Crippen LogP contribution is -2.49. The van der Waals surface area contributed by atoms with Crippen LogP contribution in [0.4, 0.5) is 10.1 Å². The number of carbonyl (C=O) groups is 1. The molecule has 3 aliphatic heterocycles. The highest BCUT2D eigenvalue weighted by Gasteiger charge is 2.33. The Labute approximate surface area is 278 Å². The molecule has 0 saturated carbocycles. The highest BCUT2D eigenvalue weighted by molar-refractivity contribution is 7.98. The Balaban J connectivity index is 1.25. The van der Waals surface area contributed by atoms with Crippen molar-refractivity contribution in [3.63, 3.8) is 0 Å². The summed E-state index contributed by atoms with van der Waals surface area (Å²) < 4.78 is 40.1. The summed E-state index contributed by atoms with van der Waals surface area (Å²) in [6.45, 7) is 6.52. The lowest BCUT2D eigenvalue weighted by atomic mass is 10.1. The maximum absolute atomic E-state index is 16.3. The number of aryl methyl sites for hydroxylation is 1. The Kier molecular flexibility index (Phi) is 8.50. The summed E-state index contributed by atoms with van der Waals surface area (Å²) in [5, 5.41) is 3.46. The molecule has 1 N–H and O–H groups in total.